The van der Waals surface area contributed by atoms with Gasteiger partial charge in [0.1, 0.15) is 220 Å². The van der Waals surface area contributed by atoms with E-state index in [0.717, 1.165) is 0 Å². The van der Waals surface area contributed by atoms with E-state index in [2.05, 4.69) is 10.0 Å². The van der Waals surface area contributed by atoms with E-state index in [1.54, 1.807) is 0 Å². The Morgan fingerprint density at radius 2 is 0.477 bits per heavy atom. The lowest BCUT2D eigenvalue weighted by molar-refractivity contribution is -0.406. The minimum atomic E-state index is -2.45. The molecule has 10 rings (SSSR count). The topological polar surface area (TPSA) is 781 Å². The highest BCUT2D eigenvalue weighted by molar-refractivity contribution is 5.02. The van der Waals surface area contributed by atoms with Gasteiger partial charge in [-0.25, -0.2) is 0 Å². The summed E-state index contributed by atoms with van der Waals surface area (Å²) in [5.74, 6) is 0. The monoisotopic (exact) mass is 1600 g/mol. The number of aliphatic hydroxyl groups is 28. The molecule has 0 amide bonds. The zero-order chi connectivity index (χ0) is 79.5. The Bertz CT molecular complexity index is 2800. The van der Waals surface area contributed by atoms with Gasteiger partial charge in [0, 0.05) is 11.0 Å². The van der Waals surface area contributed by atoms with E-state index in [-0.39, 0.29) is 25.7 Å². The van der Waals surface area contributed by atoms with Gasteiger partial charge in [-0.1, -0.05) is 5.11 Å². The molecule has 18 unspecified atom stereocenters. The summed E-state index contributed by atoms with van der Waals surface area (Å²) in [6.45, 7) is -9.50. The Balaban J connectivity index is 0.966. The van der Waals surface area contributed by atoms with Crippen molar-refractivity contribution in [3.8, 4) is 0 Å². The van der Waals surface area contributed by atoms with E-state index in [0.29, 0.717) is 0 Å². The molecule has 49 nitrogen and oxygen atoms in total. The molecule has 1 saturated carbocycles. The van der Waals surface area contributed by atoms with E-state index in [4.69, 9.17) is 90.8 Å². The number of hydrogen-bond acceptors (Lipinski definition) is 47. The fourth-order valence-electron chi connectivity index (χ4n) is 14.3. The summed E-state index contributed by atoms with van der Waals surface area (Å²) in [5.41, 5.74) is 9.16. The van der Waals surface area contributed by atoms with E-state index in [1.807, 2.05) is 0 Å². The van der Waals surface area contributed by atoms with Crippen molar-refractivity contribution in [1.29, 1.82) is 0 Å². The van der Waals surface area contributed by atoms with Gasteiger partial charge in [-0.05, 0) is 31.2 Å². The predicted molar refractivity (Wildman–Crippen MR) is 331 cm³/mol. The van der Waals surface area contributed by atoms with Crippen LogP contribution in [0.1, 0.15) is 25.7 Å². The number of nitrogens with zero attached hydrogens (tertiary/aromatic N) is 3. The molecule has 9 aliphatic heterocycles. The molecule has 49 heteroatoms. The lowest BCUT2D eigenvalue weighted by Gasteiger charge is -2.50. The first kappa shape index (κ1) is 88.8. The largest absolute Gasteiger partial charge is 0.394 e. The molecule has 9 heterocycles. The van der Waals surface area contributed by atoms with Gasteiger partial charge in [-0.3, -0.25) is 0 Å². The quantitative estimate of drug-likeness (QED) is 0.0196. The minimum absolute atomic E-state index is 0.134. The van der Waals surface area contributed by atoms with Crippen molar-refractivity contribution in [1.82, 2.24) is 0 Å². The van der Waals surface area contributed by atoms with Gasteiger partial charge < -0.3 is 228 Å². The predicted octanol–water partition coefficient (Wildman–Crippen LogP) is -18.0. The first-order valence-corrected chi connectivity index (χ1v) is 35.2. The number of hydrogen-bond donors (Lipinski definition) is 28. The Morgan fingerprint density at radius 3 is 0.798 bits per heavy atom. The highest BCUT2D eigenvalue weighted by Crippen LogP contribution is 2.40. The average molecular weight is 1600 g/mol. The molecule has 9 saturated heterocycles. The molecule has 632 valence electrons. The zero-order valence-corrected chi connectivity index (χ0v) is 57.5. The van der Waals surface area contributed by atoms with Crippen LogP contribution in [0.5, 0.6) is 0 Å². The molecule has 0 aromatic rings. The summed E-state index contributed by atoms with van der Waals surface area (Å²) in [6, 6.07) is -0.505. The van der Waals surface area contributed by atoms with Gasteiger partial charge >= 0.3 is 0 Å². The highest BCUT2D eigenvalue weighted by atomic mass is 16.8. The summed E-state index contributed by atoms with van der Waals surface area (Å²) < 4.78 is 106. The molecule has 28 N–H and O–H groups in total. The van der Waals surface area contributed by atoms with Gasteiger partial charge in [0.15, 0.2) is 56.6 Å². The summed E-state index contributed by atoms with van der Waals surface area (Å²) >= 11 is 0. The van der Waals surface area contributed by atoms with Crippen LogP contribution in [0, 0.1) is 0 Å². The van der Waals surface area contributed by atoms with Crippen LogP contribution in [0.25, 0.3) is 10.4 Å². The van der Waals surface area contributed by atoms with Crippen molar-refractivity contribution in [3.05, 3.63) is 10.4 Å². The minimum Gasteiger partial charge on any atom is -0.394 e. The molecular formula is C60H101N3O46. The molecule has 0 aromatic heterocycles. The van der Waals surface area contributed by atoms with Crippen LogP contribution in [0.3, 0.4) is 0 Å². The molecule has 45 atom stereocenters. The van der Waals surface area contributed by atoms with Gasteiger partial charge in [0.2, 0.25) is 0 Å². The third kappa shape index (κ3) is 19.2. The van der Waals surface area contributed by atoms with E-state index in [1.165, 1.54) is 0 Å². The molecule has 0 bridgehead atoms. The lowest BCUT2D eigenvalue weighted by Crippen LogP contribution is -2.68. The second kappa shape index (κ2) is 39.2. The Labute approximate surface area is 616 Å². The Hall–Kier alpha value is -2.53. The third-order valence-corrected chi connectivity index (χ3v) is 20.9. The average Bonchev–Trinajstić information content (AvgIpc) is 0.783. The van der Waals surface area contributed by atoms with E-state index in [9.17, 15) is 143 Å². The maximum absolute atomic E-state index is 12.5. The second-order valence-electron chi connectivity index (χ2n) is 28.0. The van der Waals surface area contributed by atoms with Crippen LogP contribution in [0.4, 0.5) is 0 Å². The normalized spacial score (nSPS) is 52.3. The van der Waals surface area contributed by atoms with Crippen molar-refractivity contribution >= 4 is 0 Å². The standard InChI is InChI=1S/C60H101N3O46/c61-63-62-14-1-3-15(4-2-14)94-56-45(91)47(105-59-51(40(86)31(77)21(10-69)100-59)109-60-50(39(85)30(76)22(11-70)101-60)108-55-43(89)36(82)27(73)18(7-66)97-55)33(79)24(103-56)12-92-52-44(90)46(104-58-49(38(84)29(75)20(9-68)99-58)107-54-42(88)35(81)26(72)17(6-65)96-54)32(78)23(102-52)13-93-57-48(37(83)28(74)19(8-67)98-57)106-53-41(87)34(80)25(71)16(5-64)95-53/h14-60,64-91H,1-13H2/t14?,15?,16?,17-,18-,19?,20-,21-,22-,23?,24?,25+,26+,27+,28+,29+,30+,31+,32+,33+,34-,35?,36?,37-,38?,39?,40?,41?,42?,43?,44?,45?,46-,47-,48?,49?,50?,51?,52-,53+,54+,55+,56+,57-,58+,59+,60+/m0/s1. The van der Waals surface area contributed by atoms with Gasteiger partial charge in [0.05, 0.1) is 65.6 Å². The SMILES string of the molecule is [N-]=[N+]=NC1CCC(O[C@@H]2OC(CO[C@H]3OC(CO[C@H]4OC(CO)[C@@H](O)[C@H](O)C4O[C@H]4OC(CO)[C@@H](O)[C@H](O)C4O)[C@@H](O)[C@H](O[C@H]4O[C@@H](CO)[C@@H](O)C(O)C4O[C@H]4O[C@@H](CO)[C@@H](O)C(O)C4O)C3O)[C@@H](O)[C@H](O[C@H]3O[C@@H](CO)[C@@H](O)C(O)C3O[C@H]3O[C@@H](CO)[C@@H](O)C(O)C3O[C@H]3O[C@@H](CO)[C@@H](O)C(O)C3O)C2O)CC1. The van der Waals surface area contributed by atoms with Crippen LogP contribution in [-0.2, 0) is 85.3 Å². The zero-order valence-electron chi connectivity index (χ0n) is 57.5. The van der Waals surface area contributed by atoms with Crippen LogP contribution >= 0.6 is 0 Å². The maximum atomic E-state index is 12.5. The molecule has 10 fully saturated rings. The van der Waals surface area contributed by atoms with Crippen molar-refractivity contribution in [3.63, 3.8) is 0 Å². The van der Waals surface area contributed by atoms with Gasteiger partial charge in [-0.2, -0.15) is 0 Å². The first-order valence-electron chi connectivity index (χ1n) is 35.2. The Kier molecular flexibility index (Phi) is 31.9. The van der Waals surface area contributed by atoms with Crippen LogP contribution in [0.2, 0.25) is 0 Å². The summed E-state index contributed by atoms with van der Waals surface area (Å²) in [7, 11) is 0. The highest BCUT2D eigenvalue weighted by Gasteiger charge is 2.60. The summed E-state index contributed by atoms with van der Waals surface area (Å²) in [4.78, 5) is 2.85. The fraction of sp³-hybridized carbons (Fsp3) is 1.00. The maximum Gasteiger partial charge on any atom is 0.187 e. The van der Waals surface area contributed by atoms with Gasteiger partial charge in [0.25, 0.3) is 0 Å². The molecule has 0 aromatic carbocycles. The summed E-state index contributed by atoms with van der Waals surface area (Å²) in [5, 5.41) is 311. The van der Waals surface area contributed by atoms with Crippen molar-refractivity contribution < 1.29 is 228 Å². The smallest absolute Gasteiger partial charge is 0.187 e. The number of rotatable bonds is 28. The number of azide groups is 1. The molecule has 10 aliphatic rings. The van der Waals surface area contributed by atoms with Gasteiger partial charge in [-0.15, -0.1) is 0 Å². The molecule has 0 spiro atoms. The third-order valence-electron chi connectivity index (χ3n) is 20.9. The lowest BCUT2D eigenvalue weighted by atomic mass is 9.93. The number of aliphatic hydroxyl groups excluding tert-OH is 28. The second-order valence-corrected chi connectivity index (χ2v) is 28.0. The number of ether oxygens (including phenoxy) is 18. The first-order chi connectivity index (χ1) is 51.9. The van der Waals surface area contributed by atoms with Crippen LogP contribution in [-0.4, -0.2) is 491 Å². The van der Waals surface area contributed by atoms with Crippen molar-refractivity contribution in [2.45, 2.75) is 314 Å². The molecule has 1 aliphatic carbocycles. The van der Waals surface area contributed by atoms with Crippen LogP contribution in [0.15, 0.2) is 5.11 Å². The Morgan fingerprint density at radius 1 is 0.239 bits per heavy atom. The van der Waals surface area contributed by atoms with Crippen LogP contribution < -0.4 is 0 Å². The molecule has 109 heavy (non-hydrogen) atoms. The molecule has 0 radical (unpaired) electrons. The summed E-state index contributed by atoms with van der Waals surface area (Å²) in [6.07, 6.45) is -94.3. The van der Waals surface area contributed by atoms with Crippen molar-refractivity contribution in [2.75, 3.05) is 59.5 Å². The molecular weight excluding hydrogens is 1500 g/mol. The fourth-order valence-corrected chi connectivity index (χ4v) is 14.3. The van der Waals surface area contributed by atoms with Crippen molar-refractivity contribution in [2.24, 2.45) is 5.11 Å². The van der Waals surface area contributed by atoms with E-state index < -0.39 is 348 Å². The van der Waals surface area contributed by atoms with E-state index >= 15 is 0 Å².